The molecule has 2 aromatic rings. The summed E-state index contributed by atoms with van der Waals surface area (Å²) in [6.07, 6.45) is 6.15. The van der Waals surface area contributed by atoms with Gasteiger partial charge in [-0.05, 0) is 57.9 Å². The number of hydrogen-bond acceptors (Lipinski definition) is 7. The number of carbonyl (C=O) groups is 1. The van der Waals surface area contributed by atoms with Crippen molar-refractivity contribution in [3.05, 3.63) is 49.9 Å². The van der Waals surface area contributed by atoms with E-state index in [9.17, 15) is 9.59 Å². The molecule has 2 fully saturated rings. The fourth-order valence-electron chi connectivity index (χ4n) is 6.26. The lowest BCUT2D eigenvalue weighted by atomic mass is 9.79. The standard InChI is InChI=1S/C29H38ClN3O5S/c1-16-10-24(39-5)22(28(35)32-16)12-31-27(34)21-11-23(30)26-25(17(21)2)37-29(3,38-26)19-6-8-20(9-7-19)33-13-18(14-33)15-36-4/h10-11,18-20H,6-9,12-15H2,1-5H3,(H,31,34)(H,32,35). The van der Waals surface area contributed by atoms with Crippen molar-refractivity contribution in [1.29, 1.82) is 0 Å². The highest BCUT2D eigenvalue weighted by atomic mass is 35.5. The molecule has 1 saturated carbocycles. The first kappa shape index (κ1) is 28.3. The molecule has 1 atom stereocenters. The van der Waals surface area contributed by atoms with E-state index < -0.39 is 5.79 Å². The molecule has 1 aliphatic carbocycles. The number of methoxy groups -OCH3 is 1. The molecule has 3 aliphatic rings. The summed E-state index contributed by atoms with van der Waals surface area (Å²) >= 11 is 8.11. The minimum absolute atomic E-state index is 0.111. The number of nitrogens with one attached hydrogen (secondary N) is 2. The second kappa shape index (κ2) is 11.4. The number of likely N-dealkylation sites (tertiary alicyclic amines) is 1. The Balaban J connectivity index is 1.25. The Morgan fingerprint density at radius 1 is 1.21 bits per heavy atom. The number of halogens is 1. The highest BCUT2D eigenvalue weighted by Gasteiger charge is 2.48. The Labute approximate surface area is 239 Å². The van der Waals surface area contributed by atoms with E-state index >= 15 is 0 Å². The van der Waals surface area contributed by atoms with Gasteiger partial charge in [-0.2, -0.15) is 0 Å². The number of H-pyrrole nitrogens is 1. The second-order valence-electron chi connectivity index (χ2n) is 11.2. The van der Waals surface area contributed by atoms with Gasteiger partial charge in [-0.1, -0.05) is 11.6 Å². The van der Waals surface area contributed by atoms with Gasteiger partial charge in [0, 0.05) is 78.8 Å². The van der Waals surface area contributed by atoms with Crippen molar-refractivity contribution >= 4 is 29.3 Å². The van der Waals surface area contributed by atoms with Gasteiger partial charge < -0.3 is 24.5 Å². The number of amides is 1. The van der Waals surface area contributed by atoms with Crippen LogP contribution in [-0.4, -0.2) is 60.7 Å². The molecule has 0 radical (unpaired) electrons. The predicted octanol–water partition coefficient (Wildman–Crippen LogP) is 4.92. The minimum Gasteiger partial charge on any atom is -0.448 e. The van der Waals surface area contributed by atoms with E-state index in [-0.39, 0.29) is 23.9 Å². The number of rotatable bonds is 8. The molecule has 2 aliphatic heterocycles. The van der Waals surface area contributed by atoms with E-state index in [0.29, 0.717) is 45.2 Å². The molecule has 1 unspecified atom stereocenters. The summed E-state index contributed by atoms with van der Waals surface area (Å²) in [4.78, 5) is 32.0. The minimum atomic E-state index is -0.827. The maximum atomic E-state index is 13.2. The molecule has 1 amide bonds. The van der Waals surface area contributed by atoms with Crippen molar-refractivity contribution in [3.8, 4) is 11.5 Å². The van der Waals surface area contributed by atoms with Crippen LogP contribution in [0, 0.1) is 25.7 Å². The Morgan fingerprint density at radius 3 is 2.56 bits per heavy atom. The number of nitrogens with zero attached hydrogens (tertiary/aromatic N) is 1. The SMILES string of the molecule is COCC1CN(C2CCC(C3(C)Oc4c(Cl)cc(C(=O)NCc5c(SC)cc(C)[nH]c5=O)c(C)c4O3)CC2)C1. The topological polar surface area (TPSA) is 92.9 Å². The molecule has 1 saturated heterocycles. The molecule has 10 heteroatoms. The van der Waals surface area contributed by atoms with Crippen molar-refractivity contribution in [2.45, 2.75) is 69.7 Å². The van der Waals surface area contributed by atoms with Crippen LogP contribution in [0.3, 0.4) is 0 Å². The summed E-state index contributed by atoms with van der Waals surface area (Å²) in [5.41, 5.74) is 2.20. The lowest BCUT2D eigenvalue weighted by Gasteiger charge is -2.47. The number of aromatic amines is 1. The number of aryl methyl sites for hydroxylation is 1. The molecule has 2 N–H and O–H groups in total. The molecule has 3 heterocycles. The summed E-state index contributed by atoms with van der Waals surface area (Å²) in [5.74, 6) is 0.766. The van der Waals surface area contributed by atoms with Gasteiger partial charge in [0.25, 0.3) is 17.3 Å². The van der Waals surface area contributed by atoms with E-state index in [0.717, 1.165) is 56.0 Å². The summed E-state index contributed by atoms with van der Waals surface area (Å²) in [7, 11) is 1.77. The van der Waals surface area contributed by atoms with E-state index in [2.05, 4.69) is 15.2 Å². The predicted molar refractivity (Wildman–Crippen MR) is 153 cm³/mol. The van der Waals surface area contributed by atoms with Crippen LogP contribution in [0.2, 0.25) is 5.02 Å². The zero-order valence-electron chi connectivity index (χ0n) is 23.3. The lowest BCUT2D eigenvalue weighted by Crippen LogP contribution is -2.55. The zero-order valence-corrected chi connectivity index (χ0v) is 24.9. The number of thioether (sulfide) groups is 1. The zero-order chi connectivity index (χ0) is 27.9. The molecule has 0 spiro atoms. The number of pyridine rings is 1. The normalized spacial score (nSPS) is 25.0. The van der Waals surface area contributed by atoms with E-state index in [1.807, 2.05) is 33.1 Å². The molecule has 39 heavy (non-hydrogen) atoms. The molecule has 212 valence electrons. The van der Waals surface area contributed by atoms with Crippen LogP contribution in [0.5, 0.6) is 11.5 Å². The summed E-state index contributed by atoms with van der Waals surface area (Å²) in [6.45, 7) is 8.87. The smallest absolute Gasteiger partial charge is 0.254 e. The molecule has 1 aromatic heterocycles. The summed E-state index contributed by atoms with van der Waals surface area (Å²) in [5, 5.41) is 3.24. The first-order valence-corrected chi connectivity index (χ1v) is 15.2. The fraction of sp³-hybridized carbons (Fsp3) is 0.586. The van der Waals surface area contributed by atoms with Crippen molar-refractivity contribution in [3.63, 3.8) is 0 Å². The Morgan fingerprint density at radius 2 is 1.90 bits per heavy atom. The van der Waals surface area contributed by atoms with Crippen LogP contribution in [0.1, 0.15) is 59.8 Å². The van der Waals surface area contributed by atoms with Gasteiger partial charge in [-0.15, -0.1) is 11.8 Å². The molecular weight excluding hydrogens is 538 g/mol. The quantitative estimate of drug-likeness (QED) is 0.432. The average Bonchev–Trinajstić information content (AvgIpc) is 3.26. The fourth-order valence-corrected chi connectivity index (χ4v) is 7.20. The molecule has 0 bridgehead atoms. The van der Waals surface area contributed by atoms with Crippen LogP contribution in [0.15, 0.2) is 21.8 Å². The van der Waals surface area contributed by atoms with Gasteiger partial charge in [0.1, 0.15) is 0 Å². The van der Waals surface area contributed by atoms with E-state index in [1.165, 1.54) is 11.8 Å². The average molecular weight is 576 g/mol. The van der Waals surface area contributed by atoms with Gasteiger partial charge >= 0.3 is 0 Å². The molecule has 5 rings (SSSR count). The Hall–Kier alpha value is -2.20. The molecule has 8 nitrogen and oxygen atoms in total. The van der Waals surface area contributed by atoms with Crippen molar-refractivity contribution in [2.24, 2.45) is 11.8 Å². The van der Waals surface area contributed by atoms with Gasteiger partial charge in [-0.3, -0.25) is 14.5 Å². The van der Waals surface area contributed by atoms with Crippen LogP contribution in [0.25, 0.3) is 0 Å². The first-order valence-electron chi connectivity index (χ1n) is 13.6. The highest BCUT2D eigenvalue weighted by Crippen LogP contribution is 2.52. The number of carbonyl (C=O) groups excluding carboxylic acids is 1. The van der Waals surface area contributed by atoms with Crippen LogP contribution < -0.4 is 20.3 Å². The summed E-state index contributed by atoms with van der Waals surface area (Å²) in [6, 6.07) is 4.15. The third kappa shape index (κ3) is 5.56. The maximum Gasteiger partial charge on any atom is 0.254 e. The monoisotopic (exact) mass is 575 g/mol. The number of fused-ring (bicyclic) bond motifs is 1. The highest BCUT2D eigenvalue weighted by molar-refractivity contribution is 7.98. The first-order chi connectivity index (χ1) is 18.6. The van der Waals surface area contributed by atoms with Gasteiger partial charge in [0.2, 0.25) is 0 Å². The second-order valence-corrected chi connectivity index (χ2v) is 12.5. The maximum absolute atomic E-state index is 13.2. The molecular formula is C29H38ClN3O5S. The third-order valence-electron chi connectivity index (χ3n) is 8.51. The van der Waals surface area contributed by atoms with Gasteiger partial charge in [0.15, 0.2) is 11.5 Å². The van der Waals surface area contributed by atoms with Crippen molar-refractivity contribution in [2.75, 3.05) is 33.1 Å². The number of aromatic nitrogens is 1. The number of ether oxygens (including phenoxy) is 3. The van der Waals surface area contributed by atoms with E-state index in [1.54, 1.807) is 13.2 Å². The van der Waals surface area contributed by atoms with Crippen LogP contribution in [-0.2, 0) is 11.3 Å². The number of hydrogen-bond donors (Lipinski definition) is 2. The van der Waals surface area contributed by atoms with Gasteiger partial charge in [0.05, 0.1) is 11.6 Å². The largest absolute Gasteiger partial charge is 0.448 e. The third-order valence-corrected chi connectivity index (χ3v) is 9.60. The van der Waals surface area contributed by atoms with Crippen LogP contribution >= 0.6 is 23.4 Å². The lowest BCUT2D eigenvalue weighted by molar-refractivity contribution is -0.127. The van der Waals surface area contributed by atoms with Crippen molar-refractivity contribution < 1.29 is 19.0 Å². The Bertz CT molecular complexity index is 1300. The van der Waals surface area contributed by atoms with Crippen LogP contribution in [0.4, 0.5) is 0 Å². The summed E-state index contributed by atoms with van der Waals surface area (Å²) < 4.78 is 18.2. The Kier molecular flexibility index (Phi) is 8.25. The van der Waals surface area contributed by atoms with E-state index in [4.69, 9.17) is 25.8 Å². The molecule has 1 aromatic carbocycles. The van der Waals surface area contributed by atoms with Gasteiger partial charge in [-0.25, -0.2) is 0 Å². The number of benzene rings is 1. The van der Waals surface area contributed by atoms with Crippen molar-refractivity contribution in [1.82, 2.24) is 15.2 Å².